The summed E-state index contributed by atoms with van der Waals surface area (Å²) in [5.41, 5.74) is 3.57. The van der Waals surface area contributed by atoms with Crippen LogP contribution in [0.15, 0.2) is 42.5 Å². The standard InChI is InChI=1S/C14H14F3N3/c1-9-4-2-7-12(19-9)13(20-18)10-5-3-6-11(8-10)14(15,16)17/h2-8,13,20H,18H2,1H3. The fourth-order valence-electron chi connectivity index (χ4n) is 1.97. The summed E-state index contributed by atoms with van der Waals surface area (Å²) in [4.78, 5) is 4.29. The van der Waals surface area contributed by atoms with Gasteiger partial charge < -0.3 is 0 Å². The van der Waals surface area contributed by atoms with E-state index in [-0.39, 0.29) is 0 Å². The van der Waals surface area contributed by atoms with Crippen LogP contribution in [0.4, 0.5) is 13.2 Å². The van der Waals surface area contributed by atoms with Gasteiger partial charge in [-0.15, -0.1) is 0 Å². The maximum Gasteiger partial charge on any atom is 0.416 e. The van der Waals surface area contributed by atoms with Gasteiger partial charge in [-0.1, -0.05) is 18.2 Å². The van der Waals surface area contributed by atoms with E-state index in [0.29, 0.717) is 11.3 Å². The number of pyridine rings is 1. The van der Waals surface area contributed by atoms with E-state index >= 15 is 0 Å². The zero-order valence-electron chi connectivity index (χ0n) is 10.8. The third-order valence-corrected chi connectivity index (χ3v) is 2.92. The van der Waals surface area contributed by atoms with E-state index in [2.05, 4.69) is 10.4 Å². The molecule has 0 fully saturated rings. The molecule has 20 heavy (non-hydrogen) atoms. The summed E-state index contributed by atoms with van der Waals surface area (Å²) in [6.45, 7) is 1.81. The van der Waals surface area contributed by atoms with Gasteiger partial charge in [-0.3, -0.25) is 10.8 Å². The zero-order valence-corrected chi connectivity index (χ0v) is 10.8. The van der Waals surface area contributed by atoms with Crippen LogP contribution in [0, 0.1) is 6.92 Å². The molecule has 2 aromatic rings. The monoisotopic (exact) mass is 281 g/mol. The maximum atomic E-state index is 12.7. The molecule has 1 aromatic heterocycles. The Hall–Kier alpha value is -1.92. The maximum absolute atomic E-state index is 12.7. The highest BCUT2D eigenvalue weighted by Crippen LogP contribution is 2.31. The Labute approximate surface area is 114 Å². The van der Waals surface area contributed by atoms with Crippen molar-refractivity contribution in [1.29, 1.82) is 0 Å². The highest BCUT2D eigenvalue weighted by molar-refractivity contribution is 5.33. The van der Waals surface area contributed by atoms with Gasteiger partial charge in [0.25, 0.3) is 0 Å². The van der Waals surface area contributed by atoms with Crippen molar-refractivity contribution < 1.29 is 13.2 Å². The Balaban J connectivity index is 2.42. The number of benzene rings is 1. The lowest BCUT2D eigenvalue weighted by atomic mass is 10.0. The quantitative estimate of drug-likeness (QED) is 0.671. The predicted molar refractivity (Wildman–Crippen MR) is 69.6 cm³/mol. The number of hydrogen-bond donors (Lipinski definition) is 2. The third kappa shape index (κ3) is 3.15. The lowest BCUT2D eigenvalue weighted by Crippen LogP contribution is -2.29. The number of rotatable bonds is 3. The van der Waals surface area contributed by atoms with Crippen LogP contribution in [0.2, 0.25) is 0 Å². The Bertz CT molecular complexity index is 596. The van der Waals surface area contributed by atoms with Crippen molar-refractivity contribution in [2.45, 2.75) is 19.1 Å². The average Bonchev–Trinajstić information content (AvgIpc) is 2.39. The number of nitrogens with zero attached hydrogens (tertiary/aromatic N) is 1. The van der Waals surface area contributed by atoms with E-state index < -0.39 is 17.8 Å². The highest BCUT2D eigenvalue weighted by Gasteiger charge is 2.31. The average molecular weight is 281 g/mol. The number of aromatic nitrogens is 1. The number of nitrogens with one attached hydrogen (secondary N) is 1. The second-order valence-electron chi connectivity index (χ2n) is 4.43. The lowest BCUT2D eigenvalue weighted by Gasteiger charge is -2.18. The molecule has 0 saturated carbocycles. The van der Waals surface area contributed by atoms with Crippen LogP contribution in [0.5, 0.6) is 0 Å². The summed E-state index contributed by atoms with van der Waals surface area (Å²) >= 11 is 0. The molecule has 1 aromatic carbocycles. The number of hydrogen-bond acceptors (Lipinski definition) is 3. The van der Waals surface area contributed by atoms with Crippen LogP contribution >= 0.6 is 0 Å². The molecule has 6 heteroatoms. The molecule has 0 bridgehead atoms. The first kappa shape index (κ1) is 14.5. The van der Waals surface area contributed by atoms with Crippen LogP contribution in [-0.4, -0.2) is 4.98 Å². The van der Waals surface area contributed by atoms with Gasteiger partial charge in [-0.05, 0) is 36.8 Å². The molecule has 1 unspecified atom stereocenters. The van der Waals surface area contributed by atoms with Crippen LogP contribution < -0.4 is 11.3 Å². The third-order valence-electron chi connectivity index (χ3n) is 2.92. The number of hydrazine groups is 1. The molecule has 1 atom stereocenters. The first-order chi connectivity index (χ1) is 9.41. The second kappa shape index (κ2) is 5.60. The molecule has 0 radical (unpaired) electrons. The van der Waals surface area contributed by atoms with E-state index in [0.717, 1.165) is 17.8 Å². The number of alkyl halides is 3. The first-order valence-corrected chi connectivity index (χ1v) is 5.98. The van der Waals surface area contributed by atoms with Gasteiger partial charge in [0.15, 0.2) is 0 Å². The molecule has 3 N–H and O–H groups in total. The van der Waals surface area contributed by atoms with E-state index in [9.17, 15) is 13.2 Å². The van der Waals surface area contributed by atoms with Crippen molar-refractivity contribution in [2.24, 2.45) is 5.84 Å². The minimum absolute atomic E-state index is 0.417. The first-order valence-electron chi connectivity index (χ1n) is 5.98. The van der Waals surface area contributed by atoms with Crippen molar-refractivity contribution in [3.05, 3.63) is 65.0 Å². The van der Waals surface area contributed by atoms with Crippen LogP contribution in [0.25, 0.3) is 0 Å². The van der Waals surface area contributed by atoms with E-state index in [4.69, 9.17) is 5.84 Å². The summed E-state index contributed by atoms with van der Waals surface area (Å²) in [6, 6.07) is 9.78. The minimum Gasteiger partial charge on any atom is -0.271 e. The second-order valence-corrected chi connectivity index (χ2v) is 4.43. The summed E-state index contributed by atoms with van der Waals surface area (Å²) in [5.74, 6) is 5.47. The van der Waals surface area contributed by atoms with Gasteiger partial charge in [-0.25, -0.2) is 5.43 Å². The van der Waals surface area contributed by atoms with Crippen LogP contribution in [0.3, 0.4) is 0 Å². The van der Waals surface area contributed by atoms with Crippen molar-refractivity contribution >= 4 is 0 Å². The summed E-state index contributed by atoms with van der Waals surface area (Å²) in [6.07, 6.45) is -4.38. The van der Waals surface area contributed by atoms with E-state index in [1.54, 1.807) is 18.2 Å². The molecule has 0 aliphatic rings. The molecule has 2 rings (SSSR count). The van der Waals surface area contributed by atoms with Gasteiger partial charge in [0.2, 0.25) is 0 Å². The normalized spacial score (nSPS) is 13.2. The van der Waals surface area contributed by atoms with Gasteiger partial charge in [0, 0.05) is 5.69 Å². The summed E-state index contributed by atoms with van der Waals surface area (Å²) in [7, 11) is 0. The topological polar surface area (TPSA) is 50.9 Å². The summed E-state index contributed by atoms with van der Waals surface area (Å²) in [5, 5.41) is 0. The number of halogens is 3. The van der Waals surface area contributed by atoms with Crippen molar-refractivity contribution in [3.63, 3.8) is 0 Å². The SMILES string of the molecule is Cc1cccc(C(NN)c2cccc(C(F)(F)F)c2)n1. The molecule has 3 nitrogen and oxygen atoms in total. The summed E-state index contributed by atoms with van der Waals surface area (Å²) < 4.78 is 38.2. The Morgan fingerprint density at radius 3 is 2.45 bits per heavy atom. The van der Waals surface area contributed by atoms with E-state index in [1.165, 1.54) is 6.07 Å². The molecule has 0 amide bonds. The smallest absolute Gasteiger partial charge is 0.271 e. The van der Waals surface area contributed by atoms with Gasteiger partial charge in [0.05, 0.1) is 17.3 Å². The molecule has 106 valence electrons. The molecule has 0 spiro atoms. The lowest BCUT2D eigenvalue weighted by molar-refractivity contribution is -0.137. The molecule has 1 heterocycles. The Morgan fingerprint density at radius 1 is 1.15 bits per heavy atom. The van der Waals surface area contributed by atoms with Crippen molar-refractivity contribution in [3.8, 4) is 0 Å². The Kier molecular flexibility index (Phi) is 4.06. The van der Waals surface area contributed by atoms with Gasteiger partial charge in [-0.2, -0.15) is 13.2 Å². The molecular formula is C14H14F3N3. The van der Waals surface area contributed by atoms with Crippen molar-refractivity contribution in [1.82, 2.24) is 10.4 Å². The van der Waals surface area contributed by atoms with Gasteiger partial charge in [0.1, 0.15) is 0 Å². The highest BCUT2D eigenvalue weighted by atomic mass is 19.4. The minimum atomic E-state index is -4.38. The molecule has 0 saturated heterocycles. The molecule has 0 aliphatic carbocycles. The fraction of sp³-hybridized carbons (Fsp3) is 0.214. The van der Waals surface area contributed by atoms with Crippen molar-refractivity contribution in [2.75, 3.05) is 0 Å². The van der Waals surface area contributed by atoms with E-state index in [1.807, 2.05) is 13.0 Å². The largest absolute Gasteiger partial charge is 0.416 e. The molecule has 0 aliphatic heterocycles. The van der Waals surface area contributed by atoms with Crippen LogP contribution in [-0.2, 0) is 6.18 Å². The number of nitrogens with two attached hydrogens (primary N) is 1. The van der Waals surface area contributed by atoms with Gasteiger partial charge >= 0.3 is 6.18 Å². The molecular weight excluding hydrogens is 267 g/mol. The zero-order chi connectivity index (χ0) is 14.8. The van der Waals surface area contributed by atoms with Crippen LogP contribution in [0.1, 0.15) is 28.6 Å². The predicted octanol–water partition coefficient (Wildman–Crippen LogP) is 2.96. The Morgan fingerprint density at radius 2 is 1.85 bits per heavy atom. The fourth-order valence-corrected chi connectivity index (χ4v) is 1.97. The number of aryl methyl sites for hydroxylation is 1.